The number of aliphatic imine (C=N–C) groups is 1. The fraction of sp³-hybridized carbons (Fsp3) is 0.136. The fourth-order valence-electron chi connectivity index (χ4n) is 3.15. The van der Waals surface area contributed by atoms with Gasteiger partial charge >= 0.3 is 0 Å². The third-order valence-electron chi connectivity index (χ3n) is 4.41. The molecule has 0 bridgehead atoms. The normalized spacial score (nSPS) is 16.4. The molecule has 0 amide bonds. The number of methoxy groups -OCH3 is 1. The summed E-state index contributed by atoms with van der Waals surface area (Å²) >= 11 is 5.46. The number of nitrogens with zero attached hydrogens (tertiary/aromatic N) is 1. The lowest BCUT2D eigenvalue weighted by Gasteiger charge is -2.19. The molecule has 26 heavy (non-hydrogen) atoms. The van der Waals surface area contributed by atoms with E-state index in [9.17, 15) is 0 Å². The van der Waals surface area contributed by atoms with Crippen LogP contribution in [0.5, 0.6) is 5.75 Å². The third-order valence-corrected chi connectivity index (χ3v) is 6.21. The molecule has 0 aliphatic carbocycles. The molecule has 1 aliphatic heterocycles. The highest BCUT2D eigenvalue weighted by molar-refractivity contribution is 9.10. The average molecular weight is 424 g/mol. The van der Waals surface area contributed by atoms with E-state index in [0.29, 0.717) is 0 Å². The molecule has 0 aromatic heterocycles. The van der Waals surface area contributed by atoms with Crippen LogP contribution in [0, 0.1) is 0 Å². The lowest BCUT2D eigenvalue weighted by Crippen LogP contribution is -2.06. The molecule has 0 N–H and O–H groups in total. The number of hydrogen-bond donors (Lipinski definition) is 0. The lowest BCUT2D eigenvalue weighted by atomic mass is 10.0. The van der Waals surface area contributed by atoms with E-state index in [1.165, 1.54) is 16.0 Å². The Morgan fingerprint density at radius 1 is 1.00 bits per heavy atom. The van der Waals surface area contributed by atoms with Crippen molar-refractivity contribution < 1.29 is 4.74 Å². The standard InChI is InChI=1S/C22H18BrNOS/c1-25-20-12-11-16(23)13-17(20)22-14-19(15-7-3-2-4-8-15)24-18-9-5-6-10-21(18)26-22/h2-13,22H,14H2,1H3. The SMILES string of the molecule is COc1ccc(Br)cc1C1CC(c2ccccc2)=Nc2ccccc2S1. The molecule has 4 heteroatoms. The summed E-state index contributed by atoms with van der Waals surface area (Å²) in [6.07, 6.45) is 0.843. The second kappa shape index (κ2) is 7.68. The van der Waals surface area contributed by atoms with Crippen molar-refractivity contribution in [3.8, 4) is 5.75 Å². The molecule has 1 unspecified atom stereocenters. The summed E-state index contributed by atoms with van der Waals surface area (Å²) < 4.78 is 6.71. The Balaban J connectivity index is 1.83. The first-order chi connectivity index (χ1) is 12.7. The Hall–Kier alpha value is -2.04. The second-order valence-corrected chi connectivity index (χ2v) is 8.25. The molecule has 0 saturated heterocycles. The maximum absolute atomic E-state index is 5.65. The molecular weight excluding hydrogens is 406 g/mol. The van der Waals surface area contributed by atoms with Crippen LogP contribution in [-0.4, -0.2) is 12.8 Å². The minimum Gasteiger partial charge on any atom is -0.496 e. The summed E-state index contributed by atoms with van der Waals surface area (Å²) in [5.74, 6) is 0.914. The van der Waals surface area contributed by atoms with Crippen molar-refractivity contribution in [2.75, 3.05) is 7.11 Å². The van der Waals surface area contributed by atoms with E-state index in [2.05, 4.69) is 64.5 Å². The molecule has 0 spiro atoms. The van der Waals surface area contributed by atoms with Crippen molar-refractivity contribution in [2.24, 2.45) is 4.99 Å². The van der Waals surface area contributed by atoms with Gasteiger partial charge in [-0.05, 0) is 35.9 Å². The number of halogens is 1. The van der Waals surface area contributed by atoms with Gasteiger partial charge in [-0.3, -0.25) is 4.99 Å². The second-order valence-electron chi connectivity index (χ2n) is 6.09. The van der Waals surface area contributed by atoms with E-state index in [4.69, 9.17) is 9.73 Å². The van der Waals surface area contributed by atoms with Gasteiger partial charge in [0, 0.05) is 32.3 Å². The smallest absolute Gasteiger partial charge is 0.123 e. The number of para-hydroxylation sites is 1. The largest absolute Gasteiger partial charge is 0.496 e. The summed E-state index contributed by atoms with van der Waals surface area (Å²) in [6.45, 7) is 0. The zero-order valence-electron chi connectivity index (χ0n) is 14.4. The number of benzene rings is 3. The van der Waals surface area contributed by atoms with Crippen LogP contribution >= 0.6 is 27.7 Å². The highest BCUT2D eigenvalue weighted by atomic mass is 79.9. The maximum atomic E-state index is 5.65. The molecule has 0 radical (unpaired) electrons. The van der Waals surface area contributed by atoms with E-state index in [-0.39, 0.29) is 5.25 Å². The minimum absolute atomic E-state index is 0.227. The highest BCUT2D eigenvalue weighted by Crippen LogP contribution is 2.48. The van der Waals surface area contributed by atoms with Crippen LogP contribution < -0.4 is 4.74 Å². The molecule has 0 saturated carbocycles. The predicted molar refractivity (Wildman–Crippen MR) is 113 cm³/mol. The Bertz CT molecular complexity index is 955. The summed E-state index contributed by atoms with van der Waals surface area (Å²) in [6, 6.07) is 25.0. The topological polar surface area (TPSA) is 21.6 Å². The Kier molecular flexibility index (Phi) is 5.14. The van der Waals surface area contributed by atoms with Crippen LogP contribution in [0.4, 0.5) is 5.69 Å². The van der Waals surface area contributed by atoms with Crippen LogP contribution in [0.3, 0.4) is 0 Å². The van der Waals surface area contributed by atoms with Gasteiger partial charge in [0.15, 0.2) is 0 Å². The molecule has 130 valence electrons. The lowest BCUT2D eigenvalue weighted by molar-refractivity contribution is 0.409. The first-order valence-electron chi connectivity index (χ1n) is 8.46. The zero-order valence-corrected chi connectivity index (χ0v) is 16.8. The molecule has 4 rings (SSSR count). The molecular formula is C22H18BrNOS. The first kappa shape index (κ1) is 17.4. The van der Waals surface area contributed by atoms with Gasteiger partial charge in [-0.1, -0.05) is 58.4 Å². The van der Waals surface area contributed by atoms with Crippen molar-refractivity contribution in [1.82, 2.24) is 0 Å². The van der Waals surface area contributed by atoms with Gasteiger partial charge in [0.2, 0.25) is 0 Å². The Morgan fingerprint density at radius 2 is 1.77 bits per heavy atom. The maximum Gasteiger partial charge on any atom is 0.123 e. The van der Waals surface area contributed by atoms with Crippen molar-refractivity contribution in [2.45, 2.75) is 16.6 Å². The van der Waals surface area contributed by atoms with Crippen molar-refractivity contribution in [1.29, 1.82) is 0 Å². The first-order valence-corrected chi connectivity index (χ1v) is 10.1. The van der Waals surface area contributed by atoms with Crippen LogP contribution in [0.15, 0.2) is 87.2 Å². The number of thioether (sulfide) groups is 1. The van der Waals surface area contributed by atoms with Crippen LogP contribution in [0.25, 0.3) is 0 Å². The van der Waals surface area contributed by atoms with Crippen LogP contribution in [-0.2, 0) is 0 Å². The predicted octanol–water partition coefficient (Wildman–Crippen LogP) is 6.82. The van der Waals surface area contributed by atoms with Crippen LogP contribution in [0.1, 0.15) is 22.8 Å². The zero-order chi connectivity index (χ0) is 17.9. The molecule has 1 aliphatic rings. The highest BCUT2D eigenvalue weighted by Gasteiger charge is 2.25. The Morgan fingerprint density at radius 3 is 2.58 bits per heavy atom. The Labute approximate surface area is 166 Å². The van der Waals surface area contributed by atoms with Gasteiger partial charge in [0.1, 0.15) is 5.75 Å². The van der Waals surface area contributed by atoms with E-state index < -0.39 is 0 Å². The molecule has 1 atom stereocenters. The minimum atomic E-state index is 0.227. The summed E-state index contributed by atoms with van der Waals surface area (Å²) in [7, 11) is 1.73. The summed E-state index contributed by atoms with van der Waals surface area (Å²) in [5, 5.41) is 0.227. The van der Waals surface area contributed by atoms with Gasteiger partial charge in [-0.25, -0.2) is 0 Å². The summed E-state index contributed by atoms with van der Waals surface area (Å²) in [5.41, 5.74) is 4.50. The molecule has 2 nitrogen and oxygen atoms in total. The summed E-state index contributed by atoms with van der Waals surface area (Å²) in [4.78, 5) is 6.21. The average Bonchev–Trinajstić information content (AvgIpc) is 2.88. The fourth-order valence-corrected chi connectivity index (χ4v) is 4.78. The number of ether oxygens (including phenoxy) is 1. The number of hydrogen-bond acceptors (Lipinski definition) is 3. The van der Waals surface area contributed by atoms with Crippen LogP contribution in [0.2, 0.25) is 0 Å². The van der Waals surface area contributed by atoms with E-state index in [0.717, 1.165) is 28.0 Å². The number of fused-ring (bicyclic) bond motifs is 1. The van der Waals surface area contributed by atoms with Crippen molar-refractivity contribution >= 4 is 39.1 Å². The van der Waals surface area contributed by atoms with Crippen molar-refractivity contribution in [3.63, 3.8) is 0 Å². The van der Waals surface area contributed by atoms with E-state index in [1.54, 1.807) is 7.11 Å². The van der Waals surface area contributed by atoms with Gasteiger partial charge in [0.25, 0.3) is 0 Å². The van der Waals surface area contributed by atoms with Gasteiger partial charge in [-0.15, -0.1) is 11.8 Å². The van der Waals surface area contributed by atoms with E-state index in [1.807, 2.05) is 36.0 Å². The van der Waals surface area contributed by atoms with Gasteiger partial charge in [0.05, 0.1) is 12.8 Å². The van der Waals surface area contributed by atoms with E-state index >= 15 is 0 Å². The molecule has 3 aromatic carbocycles. The monoisotopic (exact) mass is 423 g/mol. The molecule has 3 aromatic rings. The van der Waals surface area contributed by atoms with Gasteiger partial charge < -0.3 is 4.74 Å². The third kappa shape index (κ3) is 3.57. The van der Waals surface area contributed by atoms with Crippen molar-refractivity contribution in [3.05, 3.63) is 88.4 Å². The molecule has 0 fully saturated rings. The molecule has 1 heterocycles. The number of rotatable bonds is 3. The van der Waals surface area contributed by atoms with Gasteiger partial charge in [-0.2, -0.15) is 0 Å². The quantitative estimate of drug-likeness (QED) is 0.460.